The van der Waals surface area contributed by atoms with Gasteiger partial charge in [-0.3, -0.25) is 0 Å². The monoisotopic (exact) mass is 223 g/mol. The lowest BCUT2D eigenvalue weighted by Gasteiger charge is -2.19. The number of hydrogen-bond donors (Lipinski definition) is 1. The van der Waals surface area contributed by atoms with Gasteiger partial charge < -0.3 is 14.8 Å². The van der Waals surface area contributed by atoms with Crippen LogP contribution >= 0.6 is 0 Å². The van der Waals surface area contributed by atoms with E-state index in [1.165, 1.54) is 6.07 Å². The Morgan fingerprint density at radius 1 is 1.44 bits per heavy atom. The Kier molecular flexibility index (Phi) is 3.19. The van der Waals surface area contributed by atoms with Crippen LogP contribution in [-0.2, 0) is 11.3 Å². The van der Waals surface area contributed by atoms with Crippen molar-refractivity contribution < 1.29 is 19.2 Å². The van der Waals surface area contributed by atoms with Crippen LogP contribution in [0.5, 0.6) is 0 Å². The van der Waals surface area contributed by atoms with E-state index in [1.807, 2.05) is 0 Å². The molecule has 1 aliphatic rings. The van der Waals surface area contributed by atoms with Crippen molar-refractivity contribution in [2.75, 3.05) is 6.54 Å². The topological polar surface area (TPSA) is 44.6 Å². The standard InChI is InChI=1S/C12H14FNO2/c13-11-4-2-1-3-9(11)7-14(8-12(15)16)10-5-6-10/h1-4,10H,5-8H2,(H,15,16). The molecule has 16 heavy (non-hydrogen) atoms. The van der Waals surface area contributed by atoms with Crippen LogP contribution in [0.15, 0.2) is 24.3 Å². The van der Waals surface area contributed by atoms with E-state index < -0.39 is 5.97 Å². The maximum Gasteiger partial charge on any atom is 0.132 e. The molecule has 1 atom stereocenters. The Hall–Kier alpha value is -1.42. The summed E-state index contributed by atoms with van der Waals surface area (Å²) in [6.07, 6.45) is 2.05. The lowest BCUT2D eigenvalue weighted by molar-refractivity contribution is -0.919. The molecule has 0 bridgehead atoms. The Morgan fingerprint density at radius 3 is 2.69 bits per heavy atom. The van der Waals surface area contributed by atoms with Crippen molar-refractivity contribution in [3.05, 3.63) is 35.6 Å². The van der Waals surface area contributed by atoms with Gasteiger partial charge in [-0.25, -0.2) is 4.39 Å². The molecule has 1 fully saturated rings. The van der Waals surface area contributed by atoms with Crippen molar-refractivity contribution in [1.29, 1.82) is 0 Å². The zero-order chi connectivity index (χ0) is 11.5. The second-order valence-corrected chi connectivity index (χ2v) is 4.25. The van der Waals surface area contributed by atoms with Crippen molar-refractivity contribution in [2.24, 2.45) is 0 Å². The highest BCUT2D eigenvalue weighted by atomic mass is 19.1. The molecule has 1 unspecified atom stereocenters. The molecule has 4 heteroatoms. The van der Waals surface area contributed by atoms with Crippen molar-refractivity contribution in [3.8, 4) is 0 Å². The quantitative estimate of drug-likeness (QED) is 0.704. The van der Waals surface area contributed by atoms with Gasteiger partial charge in [0.25, 0.3) is 0 Å². The summed E-state index contributed by atoms with van der Waals surface area (Å²) in [5.74, 6) is -1.34. The predicted molar refractivity (Wildman–Crippen MR) is 54.0 cm³/mol. The summed E-state index contributed by atoms with van der Waals surface area (Å²) in [5, 5.41) is 10.6. The first-order valence-corrected chi connectivity index (χ1v) is 5.44. The minimum atomic E-state index is -1.07. The number of halogens is 1. The van der Waals surface area contributed by atoms with Gasteiger partial charge in [0.2, 0.25) is 0 Å². The molecule has 0 heterocycles. The van der Waals surface area contributed by atoms with Crippen LogP contribution in [0.1, 0.15) is 18.4 Å². The SMILES string of the molecule is O=C([O-])C[NH+](Cc1ccccc1F)C1CC1. The molecular formula is C12H14FNO2. The van der Waals surface area contributed by atoms with Crippen LogP contribution < -0.4 is 10.0 Å². The molecule has 0 aliphatic heterocycles. The third-order valence-corrected chi connectivity index (χ3v) is 2.90. The van der Waals surface area contributed by atoms with E-state index in [2.05, 4.69) is 0 Å². The minimum absolute atomic E-state index is 0.0427. The van der Waals surface area contributed by atoms with Gasteiger partial charge in [-0.2, -0.15) is 0 Å². The fraction of sp³-hybridized carbons (Fsp3) is 0.417. The predicted octanol–water partition coefficient (Wildman–Crippen LogP) is -0.877. The van der Waals surface area contributed by atoms with Crippen LogP contribution in [0.4, 0.5) is 4.39 Å². The van der Waals surface area contributed by atoms with Gasteiger partial charge >= 0.3 is 0 Å². The highest BCUT2D eigenvalue weighted by Gasteiger charge is 2.33. The van der Waals surface area contributed by atoms with Crippen LogP contribution in [0.3, 0.4) is 0 Å². The maximum atomic E-state index is 13.4. The lowest BCUT2D eigenvalue weighted by atomic mass is 10.2. The summed E-state index contributed by atoms with van der Waals surface area (Å²) in [7, 11) is 0. The highest BCUT2D eigenvalue weighted by molar-refractivity contribution is 5.65. The number of nitrogens with one attached hydrogen (secondary N) is 1. The molecule has 1 aromatic rings. The summed E-state index contributed by atoms with van der Waals surface area (Å²) in [6, 6.07) is 6.86. The van der Waals surface area contributed by atoms with Gasteiger partial charge in [0.05, 0.1) is 12.0 Å². The Morgan fingerprint density at radius 2 is 2.12 bits per heavy atom. The molecule has 1 N–H and O–H groups in total. The zero-order valence-electron chi connectivity index (χ0n) is 8.91. The summed E-state index contributed by atoms with van der Waals surface area (Å²) >= 11 is 0. The molecule has 0 amide bonds. The van der Waals surface area contributed by atoms with Crippen LogP contribution in [0.2, 0.25) is 0 Å². The Labute approximate surface area is 93.5 Å². The van der Waals surface area contributed by atoms with Gasteiger partial charge in [0, 0.05) is 18.4 Å². The molecule has 3 nitrogen and oxygen atoms in total. The number of carboxylic acids is 1. The molecule has 0 aromatic heterocycles. The van der Waals surface area contributed by atoms with E-state index >= 15 is 0 Å². The number of hydrogen-bond acceptors (Lipinski definition) is 2. The average Bonchev–Trinajstić information content (AvgIpc) is 3.03. The number of carbonyl (C=O) groups excluding carboxylic acids is 1. The van der Waals surface area contributed by atoms with Crippen molar-refractivity contribution in [3.63, 3.8) is 0 Å². The summed E-state index contributed by atoms with van der Waals surface area (Å²) in [5.41, 5.74) is 0.575. The average molecular weight is 223 g/mol. The number of rotatable bonds is 5. The second kappa shape index (κ2) is 4.61. The molecular weight excluding hydrogens is 209 g/mol. The van der Waals surface area contributed by atoms with E-state index in [0.717, 1.165) is 17.7 Å². The molecule has 0 saturated heterocycles. The number of carboxylic acid groups (broad SMARTS) is 1. The van der Waals surface area contributed by atoms with Gasteiger partial charge in [-0.05, 0) is 6.07 Å². The first-order chi connectivity index (χ1) is 7.66. The molecule has 86 valence electrons. The molecule has 0 spiro atoms. The number of aliphatic carboxylic acids is 1. The number of quaternary nitrogens is 1. The van der Waals surface area contributed by atoms with Gasteiger partial charge in [-0.1, -0.05) is 18.2 Å². The molecule has 1 saturated carbocycles. The van der Waals surface area contributed by atoms with Crippen LogP contribution in [0, 0.1) is 5.82 Å². The lowest BCUT2D eigenvalue weighted by Crippen LogP contribution is -3.13. The maximum absolute atomic E-state index is 13.4. The van der Waals surface area contributed by atoms with Crippen LogP contribution in [0.25, 0.3) is 0 Å². The smallest absolute Gasteiger partial charge is 0.132 e. The second-order valence-electron chi connectivity index (χ2n) is 4.25. The van der Waals surface area contributed by atoms with Gasteiger partial charge in [0.1, 0.15) is 18.9 Å². The van der Waals surface area contributed by atoms with E-state index in [-0.39, 0.29) is 12.4 Å². The van der Waals surface area contributed by atoms with E-state index in [9.17, 15) is 14.3 Å². The molecule has 0 radical (unpaired) electrons. The number of carbonyl (C=O) groups is 1. The molecule has 2 rings (SSSR count). The minimum Gasteiger partial charge on any atom is -0.544 e. The Bertz CT molecular complexity index is 390. The van der Waals surface area contributed by atoms with Crippen molar-refractivity contribution in [1.82, 2.24) is 0 Å². The van der Waals surface area contributed by atoms with E-state index in [1.54, 1.807) is 18.2 Å². The summed E-state index contributed by atoms with van der Waals surface area (Å²) in [6.45, 7) is 0.379. The fourth-order valence-corrected chi connectivity index (χ4v) is 1.91. The van der Waals surface area contributed by atoms with Gasteiger partial charge in [-0.15, -0.1) is 0 Å². The van der Waals surface area contributed by atoms with E-state index in [4.69, 9.17) is 0 Å². The first kappa shape index (κ1) is 11.1. The van der Waals surface area contributed by atoms with Crippen molar-refractivity contribution >= 4 is 5.97 Å². The van der Waals surface area contributed by atoms with Crippen molar-refractivity contribution in [2.45, 2.75) is 25.4 Å². The summed E-state index contributed by atoms with van der Waals surface area (Å²) in [4.78, 5) is 11.5. The third-order valence-electron chi connectivity index (χ3n) is 2.90. The zero-order valence-corrected chi connectivity index (χ0v) is 8.91. The molecule has 1 aliphatic carbocycles. The summed E-state index contributed by atoms with van der Waals surface area (Å²) < 4.78 is 13.4. The van der Waals surface area contributed by atoms with E-state index in [0.29, 0.717) is 18.2 Å². The largest absolute Gasteiger partial charge is 0.544 e. The third kappa shape index (κ3) is 2.79. The Balaban J connectivity index is 2.05. The number of benzene rings is 1. The van der Waals surface area contributed by atoms with Crippen LogP contribution in [-0.4, -0.2) is 18.6 Å². The first-order valence-electron chi connectivity index (χ1n) is 5.44. The molecule has 1 aromatic carbocycles. The highest BCUT2D eigenvalue weighted by Crippen LogP contribution is 2.16. The normalized spacial score (nSPS) is 17.1. The fourth-order valence-electron chi connectivity index (χ4n) is 1.91. The van der Waals surface area contributed by atoms with Gasteiger partial charge in [0.15, 0.2) is 0 Å².